The minimum atomic E-state index is -1.34. The number of H-pyrrole nitrogens is 1. The van der Waals surface area contributed by atoms with Crippen molar-refractivity contribution in [2.75, 3.05) is 0 Å². The number of aromatic amines is 1. The maximum atomic E-state index is 11.6. The van der Waals surface area contributed by atoms with Crippen molar-refractivity contribution >= 4 is 39.5 Å². The van der Waals surface area contributed by atoms with E-state index >= 15 is 0 Å². The van der Waals surface area contributed by atoms with Gasteiger partial charge in [0.05, 0.1) is 0 Å². The second kappa shape index (κ2) is 5.33. The van der Waals surface area contributed by atoms with Gasteiger partial charge in [0.15, 0.2) is 5.43 Å². The van der Waals surface area contributed by atoms with Crippen LogP contribution in [0.4, 0.5) is 0 Å². The second-order valence-electron chi connectivity index (χ2n) is 2.80. The van der Waals surface area contributed by atoms with Crippen LogP contribution in [0.3, 0.4) is 0 Å². The van der Waals surface area contributed by atoms with Crippen LogP contribution in [0.25, 0.3) is 10.9 Å². The molecule has 1 radical (unpaired) electrons. The Bertz CT molecular complexity index is 611. The van der Waals surface area contributed by atoms with Crippen LogP contribution in [-0.2, 0) is 32.7 Å². The van der Waals surface area contributed by atoms with Gasteiger partial charge >= 0.3 is 5.97 Å². The van der Waals surface area contributed by atoms with Gasteiger partial charge in [-0.2, -0.15) is 23.3 Å². The number of fused-ring (bicyclic) bond motifs is 1. The fourth-order valence-corrected chi connectivity index (χ4v) is 1.79. The summed E-state index contributed by atoms with van der Waals surface area (Å²) in [5, 5.41) is 15.0. The van der Waals surface area contributed by atoms with Gasteiger partial charge in [-0.1, -0.05) is 8.96 Å². The van der Waals surface area contributed by atoms with Crippen LogP contribution in [0.1, 0.15) is 10.5 Å². The number of hydrogen-bond donors (Lipinski definition) is 2. The molecular weight excluding hydrogens is 400 g/mol. The third-order valence-corrected chi connectivity index (χ3v) is 2.74. The molecule has 5 nitrogen and oxygen atoms in total. The maximum absolute atomic E-state index is 11.6. The minimum Gasteiger partial charge on any atom is -0.476 e. The van der Waals surface area contributed by atoms with E-state index in [-0.39, 0.29) is 38.1 Å². The average Bonchev–Trinajstić information content (AvgIpc) is 2.19. The van der Waals surface area contributed by atoms with E-state index in [0.717, 1.165) is 3.57 Å². The molecule has 0 atom stereocenters. The number of hydrogen-bond acceptors (Lipinski definition) is 3. The standard InChI is InChI=1S/C9H4IN2O3.Y/c10-5-3-1-2-4-6(5)11-12-7(8(4)13)9(14)15;/h2-3H,(H,11,13)(H,14,15);/q-1;. The molecule has 0 bridgehead atoms. The summed E-state index contributed by atoms with van der Waals surface area (Å²) in [5.74, 6) is -1.34. The first-order valence-electron chi connectivity index (χ1n) is 3.92. The molecule has 7 heteroatoms. The summed E-state index contributed by atoms with van der Waals surface area (Å²) in [6, 6.07) is 5.89. The number of nitrogens with zero attached hydrogens (tertiary/aromatic N) is 1. The van der Waals surface area contributed by atoms with E-state index in [1.54, 1.807) is 6.07 Å². The Kier molecular flexibility index (Phi) is 4.57. The molecule has 0 aliphatic carbocycles. The van der Waals surface area contributed by atoms with Crippen molar-refractivity contribution in [3.8, 4) is 0 Å². The zero-order valence-electron chi connectivity index (χ0n) is 7.82. The quantitative estimate of drug-likeness (QED) is 0.550. The smallest absolute Gasteiger partial charge is 0.359 e. The molecule has 1 heterocycles. The molecule has 0 unspecified atom stereocenters. The van der Waals surface area contributed by atoms with Crippen molar-refractivity contribution in [1.82, 2.24) is 10.2 Å². The average molecular weight is 404 g/mol. The van der Waals surface area contributed by atoms with Crippen molar-refractivity contribution in [2.45, 2.75) is 0 Å². The zero-order valence-corrected chi connectivity index (χ0v) is 12.8. The van der Waals surface area contributed by atoms with Gasteiger partial charge in [-0.15, -0.1) is 22.6 Å². The van der Waals surface area contributed by atoms with Crippen LogP contribution >= 0.6 is 22.6 Å². The van der Waals surface area contributed by atoms with Gasteiger partial charge in [-0.25, -0.2) is 4.79 Å². The van der Waals surface area contributed by atoms with Crippen LogP contribution in [0.15, 0.2) is 16.9 Å². The summed E-state index contributed by atoms with van der Waals surface area (Å²) in [4.78, 5) is 22.3. The predicted octanol–water partition coefficient (Wildman–Crippen LogP) is 1.02. The summed E-state index contributed by atoms with van der Waals surface area (Å²) in [6.07, 6.45) is 0. The molecule has 0 saturated heterocycles. The monoisotopic (exact) mass is 404 g/mol. The SMILES string of the molecule is O=C(O)c1n[nH]c2c(I)c[c-]cc2c1=O.[Y]. The van der Waals surface area contributed by atoms with Crippen LogP contribution < -0.4 is 5.43 Å². The van der Waals surface area contributed by atoms with E-state index in [1.165, 1.54) is 6.07 Å². The van der Waals surface area contributed by atoms with Gasteiger partial charge in [0.25, 0.3) is 0 Å². The molecule has 0 amide bonds. The Balaban J connectivity index is 0.00000128. The van der Waals surface area contributed by atoms with E-state index in [0.29, 0.717) is 5.52 Å². The summed E-state index contributed by atoms with van der Waals surface area (Å²) in [7, 11) is 0. The molecule has 79 valence electrons. The van der Waals surface area contributed by atoms with Crippen molar-refractivity contribution in [1.29, 1.82) is 0 Å². The topological polar surface area (TPSA) is 83.0 Å². The normalized spacial score (nSPS) is 9.81. The van der Waals surface area contributed by atoms with E-state index < -0.39 is 17.1 Å². The number of nitrogens with one attached hydrogen (secondary N) is 1. The Morgan fingerprint density at radius 1 is 1.50 bits per heavy atom. The van der Waals surface area contributed by atoms with E-state index in [4.69, 9.17) is 5.11 Å². The number of carboxylic acid groups (broad SMARTS) is 1. The molecule has 0 aliphatic rings. The summed E-state index contributed by atoms with van der Waals surface area (Å²) in [5.41, 5.74) is -0.562. The molecular formula is C9H4IN2O3Y-. The Morgan fingerprint density at radius 3 is 2.81 bits per heavy atom. The predicted molar refractivity (Wildman–Crippen MR) is 60.9 cm³/mol. The fraction of sp³-hybridized carbons (Fsp3) is 0. The van der Waals surface area contributed by atoms with E-state index in [9.17, 15) is 9.59 Å². The summed E-state index contributed by atoms with van der Waals surface area (Å²) < 4.78 is 0.770. The van der Waals surface area contributed by atoms with Crippen molar-refractivity contribution in [3.63, 3.8) is 0 Å². The van der Waals surface area contributed by atoms with Gasteiger partial charge in [0.1, 0.15) is 0 Å². The molecule has 16 heavy (non-hydrogen) atoms. The van der Waals surface area contributed by atoms with Gasteiger partial charge in [-0.05, 0) is 5.52 Å². The molecule has 0 saturated carbocycles. The van der Waals surface area contributed by atoms with Crippen LogP contribution in [0.5, 0.6) is 0 Å². The van der Waals surface area contributed by atoms with Crippen molar-refractivity contribution in [3.05, 3.63) is 37.7 Å². The maximum Gasteiger partial charge on any atom is 0.359 e. The number of benzene rings is 1. The first-order valence-corrected chi connectivity index (χ1v) is 5.00. The number of aromatic nitrogens is 2. The number of carboxylic acids is 1. The van der Waals surface area contributed by atoms with Crippen LogP contribution in [-0.4, -0.2) is 21.3 Å². The van der Waals surface area contributed by atoms with Crippen LogP contribution in [0.2, 0.25) is 0 Å². The first kappa shape index (κ1) is 13.7. The molecule has 0 spiro atoms. The van der Waals surface area contributed by atoms with Crippen molar-refractivity contribution in [2.24, 2.45) is 0 Å². The van der Waals surface area contributed by atoms with E-state index in [2.05, 4.69) is 16.3 Å². The molecule has 0 aliphatic heterocycles. The molecule has 2 rings (SSSR count). The van der Waals surface area contributed by atoms with Gasteiger partial charge < -0.3 is 15.0 Å². The number of aromatic carboxylic acids is 1. The molecule has 2 N–H and O–H groups in total. The number of halogens is 1. The number of rotatable bonds is 1. The third-order valence-electron chi connectivity index (χ3n) is 1.89. The summed E-state index contributed by atoms with van der Waals surface area (Å²) >= 11 is 2.02. The Labute approximate surface area is 129 Å². The third kappa shape index (κ3) is 2.33. The number of carbonyl (C=O) groups is 1. The molecule has 2 aromatic rings. The summed E-state index contributed by atoms with van der Waals surface area (Å²) in [6.45, 7) is 0. The minimum absolute atomic E-state index is 0. The second-order valence-corrected chi connectivity index (χ2v) is 3.96. The Morgan fingerprint density at radius 2 is 2.19 bits per heavy atom. The Hall–Kier alpha value is -0.336. The molecule has 0 fully saturated rings. The largest absolute Gasteiger partial charge is 0.476 e. The van der Waals surface area contributed by atoms with Crippen LogP contribution in [0, 0.1) is 9.64 Å². The van der Waals surface area contributed by atoms with Crippen molar-refractivity contribution < 1.29 is 42.6 Å². The fourth-order valence-electron chi connectivity index (χ4n) is 1.20. The van der Waals surface area contributed by atoms with E-state index in [1.807, 2.05) is 22.6 Å². The van der Waals surface area contributed by atoms with Gasteiger partial charge in [0, 0.05) is 32.7 Å². The molecule has 1 aromatic carbocycles. The van der Waals surface area contributed by atoms with Gasteiger partial charge in [0.2, 0.25) is 5.69 Å². The zero-order chi connectivity index (χ0) is 11.0. The van der Waals surface area contributed by atoms with Gasteiger partial charge in [-0.3, -0.25) is 0 Å². The first-order chi connectivity index (χ1) is 7.11. The molecule has 1 aromatic heterocycles.